The number of rotatable bonds is 4. The molecule has 10 nitrogen and oxygen atoms in total. The summed E-state index contributed by atoms with van der Waals surface area (Å²) in [7, 11) is 0. The van der Waals surface area contributed by atoms with Crippen LogP contribution in [0.25, 0.3) is 0 Å². The first kappa shape index (κ1) is 21.7. The van der Waals surface area contributed by atoms with E-state index in [9.17, 15) is 29.8 Å². The second-order valence-corrected chi connectivity index (χ2v) is 4.22. The van der Waals surface area contributed by atoms with Gasteiger partial charge >= 0.3 is 11.9 Å². The third kappa shape index (κ3) is 6.76. The van der Waals surface area contributed by atoms with E-state index in [0.717, 1.165) is 24.3 Å². The Morgan fingerprint density at radius 3 is 1.08 bits per heavy atom. The number of aromatic carboxylic acids is 2. The molecule has 0 saturated carbocycles. The number of hydrogen-bond acceptors (Lipinski definition) is 6. The Kier molecular flexibility index (Phi) is 8.45. The van der Waals surface area contributed by atoms with Gasteiger partial charge in [0.2, 0.25) is 0 Å². The molecule has 11 heteroatoms. The summed E-state index contributed by atoms with van der Waals surface area (Å²) in [6.07, 6.45) is 0. The van der Waals surface area contributed by atoms with Crippen molar-refractivity contribution >= 4 is 23.3 Å². The average molecular weight is 393 g/mol. The molecule has 0 atom stereocenters. The van der Waals surface area contributed by atoms with Gasteiger partial charge in [0.1, 0.15) is 0 Å². The fourth-order valence-electron chi connectivity index (χ4n) is 1.45. The van der Waals surface area contributed by atoms with E-state index >= 15 is 0 Å². The van der Waals surface area contributed by atoms with Crippen LogP contribution in [-0.2, 0) is 16.8 Å². The van der Waals surface area contributed by atoms with Gasteiger partial charge in [-0.2, -0.15) is 0 Å². The molecule has 0 aliphatic heterocycles. The monoisotopic (exact) mass is 393 g/mol. The van der Waals surface area contributed by atoms with E-state index < -0.39 is 21.8 Å². The van der Waals surface area contributed by atoms with Crippen LogP contribution in [-0.4, -0.2) is 32.0 Å². The van der Waals surface area contributed by atoms with Crippen molar-refractivity contribution in [1.29, 1.82) is 0 Å². The molecular formula is C14H10CoN2O8. The van der Waals surface area contributed by atoms with Crippen LogP contribution in [0.2, 0.25) is 0 Å². The predicted molar refractivity (Wildman–Crippen MR) is 80.1 cm³/mol. The van der Waals surface area contributed by atoms with Crippen LogP contribution < -0.4 is 0 Å². The minimum Gasteiger partial charge on any atom is -0.478 e. The molecule has 0 heterocycles. The minimum absolute atomic E-state index is 0. The summed E-state index contributed by atoms with van der Waals surface area (Å²) in [6, 6.07) is 9.40. The summed E-state index contributed by atoms with van der Waals surface area (Å²) in [6.45, 7) is 0. The Morgan fingerprint density at radius 1 is 0.680 bits per heavy atom. The molecule has 0 saturated heterocycles. The van der Waals surface area contributed by atoms with Crippen molar-refractivity contribution in [1.82, 2.24) is 0 Å². The van der Waals surface area contributed by atoms with Crippen molar-refractivity contribution in [2.75, 3.05) is 0 Å². The number of benzene rings is 2. The molecule has 0 unspecified atom stereocenters. The summed E-state index contributed by atoms with van der Waals surface area (Å²) in [5.41, 5.74) is -0.138. The van der Waals surface area contributed by atoms with Crippen LogP contribution in [0, 0.1) is 20.2 Å². The largest absolute Gasteiger partial charge is 0.478 e. The van der Waals surface area contributed by atoms with Crippen LogP contribution in [0.4, 0.5) is 11.4 Å². The fourth-order valence-corrected chi connectivity index (χ4v) is 1.45. The van der Waals surface area contributed by atoms with Gasteiger partial charge in [0.05, 0.1) is 21.0 Å². The maximum absolute atomic E-state index is 10.3. The Labute approximate surface area is 150 Å². The summed E-state index contributed by atoms with van der Waals surface area (Å²) < 4.78 is 0. The van der Waals surface area contributed by atoms with E-state index in [4.69, 9.17) is 10.2 Å². The molecule has 0 aromatic heterocycles. The summed E-state index contributed by atoms with van der Waals surface area (Å²) >= 11 is 0. The number of carboxylic acids is 2. The molecule has 0 amide bonds. The molecule has 2 N–H and O–H groups in total. The molecule has 0 aliphatic rings. The molecule has 0 spiro atoms. The standard InChI is InChI=1S/2C7H5NO4.Co/c2*9-7(10)5-1-3-6(4-2-5)8(11)12;/h2*1-4H,(H,9,10);. The number of nitrogens with zero attached hydrogens (tertiary/aromatic N) is 2. The van der Waals surface area contributed by atoms with E-state index in [1.807, 2.05) is 0 Å². The van der Waals surface area contributed by atoms with Crippen molar-refractivity contribution < 1.29 is 46.4 Å². The molecule has 0 fully saturated rings. The van der Waals surface area contributed by atoms with Gasteiger partial charge in [-0.25, -0.2) is 9.59 Å². The van der Waals surface area contributed by atoms with Gasteiger partial charge < -0.3 is 10.2 Å². The molecule has 2 aromatic rings. The second-order valence-electron chi connectivity index (χ2n) is 4.22. The van der Waals surface area contributed by atoms with Crippen LogP contribution in [0.15, 0.2) is 48.5 Å². The van der Waals surface area contributed by atoms with Crippen molar-refractivity contribution in [3.63, 3.8) is 0 Å². The van der Waals surface area contributed by atoms with Crippen molar-refractivity contribution in [2.45, 2.75) is 0 Å². The van der Waals surface area contributed by atoms with E-state index in [1.165, 1.54) is 24.3 Å². The third-order valence-electron chi connectivity index (χ3n) is 2.65. The van der Waals surface area contributed by atoms with Gasteiger partial charge in [0, 0.05) is 41.0 Å². The molecule has 133 valence electrons. The van der Waals surface area contributed by atoms with Crippen molar-refractivity contribution in [2.24, 2.45) is 0 Å². The Morgan fingerprint density at radius 2 is 0.920 bits per heavy atom. The van der Waals surface area contributed by atoms with Gasteiger partial charge in [-0.05, 0) is 24.3 Å². The fraction of sp³-hybridized carbons (Fsp3) is 0. The van der Waals surface area contributed by atoms with Gasteiger partial charge in [0.15, 0.2) is 0 Å². The second kappa shape index (κ2) is 9.74. The molecule has 25 heavy (non-hydrogen) atoms. The number of carboxylic acid groups (broad SMARTS) is 2. The first-order chi connectivity index (χ1) is 11.2. The van der Waals surface area contributed by atoms with Crippen LogP contribution in [0.3, 0.4) is 0 Å². The topological polar surface area (TPSA) is 161 Å². The first-order valence-electron chi connectivity index (χ1n) is 6.18. The molecule has 1 radical (unpaired) electrons. The normalized spacial score (nSPS) is 8.96. The molecule has 2 rings (SSSR count). The van der Waals surface area contributed by atoms with Gasteiger partial charge in [0.25, 0.3) is 11.4 Å². The quantitative estimate of drug-likeness (QED) is 0.592. The Bertz CT molecular complexity index is 641. The van der Waals surface area contributed by atoms with E-state index in [1.54, 1.807) is 0 Å². The van der Waals surface area contributed by atoms with Crippen molar-refractivity contribution in [3.05, 3.63) is 79.9 Å². The van der Waals surface area contributed by atoms with Crippen LogP contribution >= 0.6 is 0 Å². The van der Waals surface area contributed by atoms with Crippen LogP contribution in [0.5, 0.6) is 0 Å². The SMILES string of the molecule is O=C(O)c1ccc([N+](=O)[O-])cc1.O=C(O)c1ccc([N+](=O)[O-])cc1.[Co]. The Hall–Kier alpha value is -3.31. The van der Waals surface area contributed by atoms with Crippen molar-refractivity contribution in [3.8, 4) is 0 Å². The number of nitro groups is 2. The molecular weight excluding hydrogens is 383 g/mol. The average Bonchev–Trinajstić information content (AvgIpc) is 2.55. The third-order valence-corrected chi connectivity index (χ3v) is 2.65. The zero-order valence-corrected chi connectivity index (χ0v) is 13.2. The smallest absolute Gasteiger partial charge is 0.335 e. The zero-order chi connectivity index (χ0) is 18.3. The predicted octanol–water partition coefficient (Wildman–Crippen LogP) is 2.58. The zero-order valence-electron chi connectivity index (χ0n) is 12.2. The van der Waals surface area contributed by atoms with E-state index in [0.29, 0.717) is 0 Å². The number of hydrogen-bond donors (Lipinski definition) is 2. The molecule has 0 bridgehead atoms. The summed E-state index contributed by atoms with van der Waals surface area (Å²) in [4.78, 5) is 39.7. The molecule has 2 aromatic carbocycles. The van der Waals surface area contributed by atoms with Gasteiger partial charge in [-0.1, -0.05) is 0 Å². The minimum atomic E-state index is -1.09. The summed E-state index contributed by atoms with van der Waals surface area (Å²) in [5.74, 6) is -2.19. The Balaban J connectivity index is 0.000000443. The molecule has 0 aliphatic carbocycles. The van der Waals surface area contributed by atoms with E-state index in [-0.39, 0.29) is 39.3 Å². The maximum Gasteiger partial charge on any atom is 0.335 e. The summed E-state index contributed by atoms with van der Waals surface area (Å²) in [5, 5.41) is 37.2. The number of carbonyl (C=O) groups is 2. The maximum atomic E-state index is 10.3. The number of nitro benzene ring substituents is 2. The van der Waals surface area contributed by atoms with Crippen LogP contribution in [0.1, 0.15) is 20.7 Å². The van der Waals surface area contributed by atoms with Gasteiger partial charge in [-0.3, -0.25) is 20.2 Å². The first-order valence-corrected chi connectivity index (χ1v) is 6.18. The van der Waals surface area contributed by atoms with Gasteiger partial charge in [-0.15, -0.1) is 0 Å². The number of non-ortho nitro benzene ring substituents is 2. The van der Waals surface area contributed by atoms with E-state index in [2.05, 4.69) is 0 Å².